The number of hydrogen-bond acceptors (Lipinski definition) is 2. The van der Waals surface area contributed by atoms with Crippen LogP contribution in [0.25, 0.3) is 0 Å². The van der Waals surface area contributed by atoms with Gasteiger partial charge in [-0.2, -0.15) is 0 Å². The van der Waals surface area contributed by atoms with E-state index in [1.54, 1.807) is 24.3 Å². The number of hydrogen-bond donors (Lipinski definition) is 2. The van der Waals surface area contributed by atoms with E-state index in [4.69, 9.17) is 0 Å². The molecule has 2 aromatic rings. The van der Waals surface area contributed by atoms with Gasteiger partial charge in [-0.1, -0.05) is 34.1 Å². The second-order valence-corrected chi connectivity index (χ2v) is 6.43. The largest absolute Gasteiger partial charge is 0.479 e. The van der Waals surface area contributed by atoms with Crippen LogP contribution < -0.4 is 5.32 Å². The molecule has 2 rings (SSSR count). The van der Waals surface area contributed by atoms with Crippen molar-refractivity contribution in [1.29, 1.82) is 0 Å². The molecule has 2 aromatic carbocycles. The van der Waals surface area contributed by atoms with Crippen LogP contribution in [0.15, 0.2) is 51.4 Å². The third kappa shape index (κ3) is 3.27. The lowest BCUT2D eigenvalue weighted by Crippen LogP contribution is -2.41. The molecule has 21 heavy (non-hydrogen) atoms. The zero-order valence-electron chi connectivity index (χ0n) is 11.0. The summed E-state index contributed by atoms with van der Waals surface area (Å²) in [4.78, 5) is 11.7. The molecule has 0 radical (unpaired) electrons. The van der Waals surface area contributed by atoms with Gasteiger partial charge in [-0.25, -0.2) is 9.18 Å². The first-order valence-electron chi connectivity index (χ1n) is 6.06. The minimum absolute atomic E-state index is 0.0638. The molecule has 0 aliphatic rings. The van der Waals surface area contributed by atoms with E-state index in [9.17, 15) is 14.3 Å². The lowest BCUT2D eigenvalue weighted by molar-refractivity contribution is -0.142. The molecule has 6 heteroatoms. The second-order valence-electron chi connectivity index (χ2n) is 4.66. The molecule has 1 unspecified atom stereocenters. The molecule has 0 saturated carbocycles. The maximum Gasteiger partial charge on any atom is 0.333 e. The van der Waals surface area contributed by atoms with E-state index in [0.717, 1.165) is 0 Å². The van der Waals surface area contributed by atoms with E-state index in [-0.39, 0.29) is 5.56 Å². The number of anilines is 1. The standard InChI is InChI=1S/C15H12Br2FNO2/c1-15(14(20)21,10-7-6-9(16)8-12(10)18)19-13-5-3-2-4-11(13)17/h2-8,19H,1H3,(H,20,21). The predicted octanol–water partition coefficient (Wildman–Crippen LogP) is 4.76. The van der Waals surface area contributed by atoms with Crippen molar-refractivity contribution in [2.75, 3.05) is 5.32 Å². The highest BCUT2D eigenvalue weighted by molar-refractivity contribution is 9.10. The van der Waals surface area contributed by atoms with Gasteiger partial charge < -0.3 is 10.4 Å². The second kappa shape index (κ2) is 6.15. The van der Waals surface area contributed by atoms with Crippen LogP contribution in [0.3, 0.4) is 0 Å². The van der Waals surface area contributed by atoms with Crippen LogP contribution in [0.1, 0.15) is 12.5 Å². The van der Waals surface area contributed by atoms with Gasteiger partial charge in [-0.3, -0.25) is 0 Å². The summed E-state index contributed by atoms with van der Waals surface area (Å²) < 4.78 is 15.4. The molecule has 0 spiro atoms. The number of rotatable bonds is 4. The molecule has 0 amide bonds. The summed E-state index contributed by atoms with van der Waals surface area (Å²) in [7, 11) is 0. The third-order valence-electron chi connectivity index (χ3n) is 3.16. The van der Waals surface area contributed by atoms with Crippen LogP contribution in [0.2, 0.25) is 0 Å². The Balaban J connectivity index is 2.51. The quantitative estimate of drug-likeness (QED) is 0.755. The van der Waals surface area contributed by atoms with Gasteiger partial charge in [-0.15, -0.1) is 0 Å². The number of benzene rings is 2. The maximum atomic E-state index is 14.2. The Bertz CT molecular complexity index is 693. The van der Waals surface area contributed by atoms with Gasteiger partial charge in [0.15, 0.2) is 5.54 Å². The first-order valence-corrected chi connectivity index (χ1v) is 7.65. The van der Waals surface area contributed by atoms with E-state index >= 15 is 0 Å². The zero-order chi connectivity index (χ0) is 15.6. The fourth-order valence-electron chi connectivity index (χ4n) is 1.96. The van der Waals surface area contributed by atoms with Crippen molar-refractivity contribution < 1.29 is 14.3 Å². The van der Waals surface area contributed by atoms with E-state index in [2.05, 4.69) is 37.2 Å². The molecule has 0 aliphatic heterocycles. The fourth-order valence-corrected chi connectivity index (χ4v) is 2.68. The van der Waals surface area contributed by atoms with Gasteiger partial charge in [-0.05, 0) is 47.1 Å². The number of carbonyl (C=O) groups is 1. The summed E-state index contributed by atoms with van der Waals surface area (Å²) in [5, 5.41) is 12.5. The van der Waals surface area contributed by atoms with E-state index in [1.807, 2.05) is 6.07 Å². The van der Waals surface area contributed by atoms with Gasteiger partial charge in [0.2, 0.25) is 0 Å². The first-order chi connectivity index (χ1) is 9.84. The molecular weight excluding hydrogens is 405 g/mol. The highest BCUT2D eigenvalue weighted by atomic mass is 79.9. The number of nitrogens with one attached hydrogen (secondary N) is 1. The van der Waals surface area contributed by atoms with Crippen molar-refractivity contribution in [2.45, 2.75) is 12.5 Å². The molecule has 2 N–H and O–H groups in total. The summed E-state index contributed by atoms with van der Waals surface area (Å²) in [6, 6.07) is 11.4. The van der Waals surface area contributed by atoms with Crippen LogP contribution in [0.4, 0.5) is 10.1 Å². The van der Waals surface area contributed by atoms with Gasteiger partial charge in [0, 0.05) is 20.2 Å². The van der Waals surface area contributed by atoms with Crippen LogP contribution in [-0.4, -0.2) is 11.1 Å². The third-order valence-corrected chi connectivity index (χ3v) is 4.34. The molecular formula is C15H12Br2FNO2. The van der Waals surface area contributed by atoms with Crippen molar-refractivity contribution >= 4 is 43.5 Å². The van der Waals surface area contributed by atoms with Gasteiger partial charge in [0.1, 0.15) is 5.82 Å². The van der Waals surface area contributed by atoms with E-state index in [0.29, 0.717) is 14.6 Å². The molecule has 1 atom stereocenters. The van der Waals surface area contributed by atoms with Gasteiger partial charge in [0.25, 0.3) is 0 Å². The topological polar surface area (TPSA) is 49.3 Å². The minimum atomic E-state index is -1.59. The van der Waals surface area contributed by atoms with Crippen molar-refractivity contribution in [3.63, 3.8) is 0 Å². The van der Waals surface area contributed by atoms with E-state index < -0.39 is 17.3 Å². The summed E-state index contributed by atoms with van der Waals surface area (Å²) >= 11 is 6.51. The number of aliphatic carboxylic acids is 1. The molecule has 0 fully saturated rings. The molecule has 0 aliphatic carbocycles. The number of para-hydroxylation sites is 1. The highest BCUT2D eigenvalue weighted by Gasteiger charge is 2.38. The fraction of sp³-hybridized carbons (Fsp3) is 0.133. The summed E-state index contributed by atoms with van der Waals surface area (Å²) in [5.41, 5.74) is -0.951. The number of carboxylic acid groups (broad SMARTS) is 1. The Morgan fingerprint density at radius 2 is 1.90 bits per heavy atom. The average molecular weight is 417 g/mol. The normalized spacial score (nSPS) is 13.5. The molecule has 0 aromatic heterocycles. The van der Waals surface area contributed by atoms with Crippen molar-refractivity contribution in [3.8, 4) is 0 Å². The lowest BCUT2D eigenvalue weighted by Gasteiger charge is -2.29. The van der Waals surface area contributed by atoms with Gasteiger partial charge >= 0.3 is 5.97 Å². The molecule has 0 heterocycles. The Hall–Kier alpha value is -1.40. The SMILES string of the molecule is CC(Nc1ccccc1Br)(C(=O)O)c1ccc(Br)cc1F. The first kappa shape index (κ1) is 16.0. The number of halogens is 3. The van der Waals surface area contributed by atoms with E-state index in [1.165, 1.54) is 19.1 Å². The smallest absolute Gasteiger partial charge is 0.333 e. The summed E-state index contributed by atoms with van der Waals surface area (Å²) in [6.45, 7) is 1.43. The number of carboxylic acids is 1. The van der Waals surface area contributed by atoms with Crippen LogP contribution >= 0.6 is 31.9 Å². The molecule has 0 bridgehead atoms. The summed E-state index contributed by atoms with van der Waals surface area (Å²) in [6.07, 6.45) is 0. The van der Waals surface area contributed by atoms with Crippen LogP contribution in [0.5, 0.6) is 0 Å². The highest BCUT2D eigenvalue weighted by Crippen LogP contribution is 2.33. The van der Waals surface area contributed by atoms with Crippen molar-refractivity contribution in [3.05, 3.63) is 62.8 Å². The zero-order valence-corrected chi connectivity index (χ0v) is 14.2. The maximum absolute atomic E-state index is 14.2. The summed E-state index contributed by atoms with van der Waals surface area (Å²) in [5.74, 6) is -1.76. The average Bonchev–Trinajstić information content (AvgIpc) is 2.41. The Morgan fingerprint density at radius 3 is 2.48 bits per heavy atom. The molecule has 0 saturated heterocycles. The lowest BCUT2D eigenvalue weighted by atomic mass is 9.91. The van der Waals surface area contributed by atoms with Crippen molar-refractivity contribution in [2.24, 2.45) is 0 Å². The van der Waals surface area contributed by atoms with Gasteiger partial charge in [0.05, 0.1) is 0 Å². The Morgan fingerprint density at radius 1 is 1.24 bits per heavy atom. The predicted molar refractivity (Wildman–Crippen MR) is 86.9 cm³/mol. The van der Waals surface area contributed by atoms with Crippen molar-refractivity contribution in [1.82, 2.24) is 0 Å². The molecule has 110 valence electrons. The molecule has 3 nitrogen and oxygen atoms in total. The van der Waals surface area contributed by atoms with Crippen LogP contribution in [0, 0.1) is 5.82 Å². The monoisotopic (exact) mass is 415 g/mol. The Kier molecular flexibility index (Phi) is 4.68. The van der Waals surface area contributed by atoms with Crippen LogP contribution in [-0.2, 0) is 10.3 Å². The minimum Gasteiger partial charge on any atom is -0.479 e. The Labute approximate surface area is 138 Å².